The Kier molecular flexibility index (Phi) is 8.38. The highest BCUT2D eigenvalue weighted by molar-refractivity contribution is 5.96. The van der Waals surface area contributed by atoms with E-state index in [9.17, 15) is 24.3 Å². The molecule has 1 heterocycles. The molecular weight excluding hydrogens is 406 g/mol. The number of hydrogen-bond acceptors (Lipinski definition) is 7. The van der Waals surface area contributed by atoms with E-state index < -0.39 is 48.0 Å². The molecule has 0 radical (unpaired) electrons. The summed E-state index contributed by atoms with van der Waals surface area (Å²) in [5, 5.41) is 14.5. The Balaban J connectivity index is 2.02. The number of phenolic OH excluding ortho intramolecular Hbond substituents is 1. The normalized spacial score (nSPS) is 19.2. The molecule has 4 atom stereocenters. The number of benzene rings is 1. The number of phenols is 1. The molecule has 1 aromatic rings. The number of nitrogens with one attached hydrogen (secondary N) is 2. The molecule has 170 valence electrons. The van der Waals surface area contributed by atoms with E-state index >= 15 is 0 Å². The maximum absolute atomic E-state index is 12.8. The van der Waals surface area contributed by atoms with E-state index in [-0.39, 0.29) is 24.7 Å². The van der Waals surface area contributed by atoms with Crippen LogP contribution < -0.4 is 16.4 Å². The number of primary amides is 1. The van der Waals surface area contributed by atoms with E-state index in [1.54, 1.807) is 19.1 Å². The summed E-state index contributed by atoms with van der Waals surface area (Å²) < 4.78 is 9.89. The van der Waals surface area contributed by atoms with E-state index in [4.69, 9.17) is 15.2 Å². The molecule has 1 saturated heterocycles. The van der Waals surface area contributed by atoms with Crippen molar-refractivity contribution in [1.29, 1.82) is 0 Å². The molecule has 10 nitrogen and oxygen atoms in total. The van der Waals surface area contributed by atoms with Gasteiger partial charge in [0.15, 0.2) is 12.2 Å². The molecule has 1 aliphatic heterocycles. The van der Waals surface area contributed by atoms with E-state index in [1.807, 2.05) is 13.8 Å². The number of epoxide rings is 1. The van der Waals surface area contributed by atoms with Crippen molar-refractivity contribution in [1.82, 2.24) is 10.6 Å². The summed E-state index contributed by atoms with van der Waals surface area (Å²) in [4.78, 5) is 48.8. The number of rotatable bonds is 11. The molecule has 31 heavy (non-hydrogen) atoms. The molecule has 0 aliphatic carbocycles. The van der Waals surface area contributed by atoms with Crippen LogP contribution in [-0.4, -0.2) is 59.7 Å². The third-order valence-electron chi connectivity index (χ3n) is 4.65. The van der Waals surface area contributed by atoms with Gasteiger partial charge in [-0.2, -0.15) is 0 Å². The zero-order valence-electron chi connectivity index (χ0n) is 17.8. The van der Waals surface area contributed by atoms with Crippen LogP contribution in [-0.2, 0) is 35.1 Å². The largest absolute Gasteiger partial charge is 0.508 e. The average molecular weight is 435 g/mol. The lowest BCUT2D eigenvalue weighted by Gasteiger charge is -2.23. The smallest absolute Gasteiger partial charge is 0.338 e. The van der Waals surface area contributed by atoms with Crippen LogP contribution in [0.3, 0.4) is 0 Å². The van der Waals surface area contributed by atoms with Crippen molar-refractivity contribution >= 4 is 23.7 Å². The molecule has 1 aromatic carbocycles. The number of carbonyl (C=O) groups is 4. The SMILES string of the molecule is CCOC(=O)C1O[C@@H]1C(=O)N[C@@H](CC(C)C)C(=O)N[C@@H](Cc1ccc(O)cc1)C(N)=O. The number of aromatic hydroxyl groups is 1. The molecule has 0 saturated carbocycles. The van der Waals surface area contributed by atoms with Gasteiger partial charge in [0.05, 0.1) is 6.61 Å². The molecule has 5 N–H and O–H groups in total. The second-order valence-corrected chi connectivity index (χ2v) is 7.75. The highest BCUT2D eigenvalue weighted by Crippen LogP contribution is 2.24. The average Bonchev–Trinajstić information content (AvgIpc) is 3.49. The van der Waals surface area contributed by atoms with Crippen molar-refractivity contribution in [3.8, 4) is 5.75 Å². The second-order valence-electron chi connectivity index (χ2n) is 7.75. The topological polar surface area (TPSA) is 160 Å². The Hall–Kier alpha value is -3.14. The maximum atomic E-state index is 12.8. The quantitative estimate of drug-likeness (QED) is 0.276. The molecule has 1 aliphatic rings. The maximum Gasteiger partial charge on any atom is 0.338 e. The van der Waals surface area contributed by atoms with Gasteiger partial charge in [-0.3, -0.25) is 14.4 Å². The lowest BCUT2D eigenvalue weighted by Crippen LogP contribution is -2.54. The molecule has 3 amide bonds. The minimum atomic E-state index is -1.01. The third kappa shape index (κ3) is 7.25. The van der Waals surface area contributed by atoms with Crippen molar-refractivity contribution in [2.45, 2.75) is 57.9 Å². The van der Waals surface area contributed by atoms with Crippen molar-refractivity contribution in [3.63, 3.8) is 0 Å². The van der Waals surface area contributed by atoms with Crippen LogP contribution >= 0.6 is 0 Å². The van der Waals surface area contributed by atoms with Gasteiger partial charge in [0.25, 0.3) is 5.91 Å². The Labute approximate surface area is 180 Å². The number of amides is 3. The minimum absolute atomic E-state index is 0.0566. The van der Waals surface area contributed by atoms with Crippen LogP contribution in [0.1, 0.15) is 32.8 Å². The van der Waals surface area contributed by atoms with E-state index in [1.165, 1.54) is 12.1 Å². The summed E-state index contributed by atoms with van der Waals surface area (Å²) in [5.74, 6) is -2.40. The highest BCUT2D eigenvalue weighted by atomic mass is 16.6. The second kappa shape index (κ2) is 10.8. The van der Waals surface area contributed by atoms with Gasteiger partial charge in [-0.05, 0) is 37.0 Å². The van der Waals surface area contributed by atoms with Gasteiger partial charge in [0.2, 0.25) is 11.8 Å². The molecule has 10 heteroatoms. The summed E-state index contributed by atoms with van der Waals surface area (Å²) in [5.41, 5.74) is 6.13. The summed E-state index contributed by atoms with van der Waals surface area (Å²) >= 11 is 0. The number of esters is 1. The molecule has 1 unspecified atom stereocenters. The van der Waals surface area contributed by atoms with Gasteiger partial charge >= 0.3 is 5.97 Å². The molecule has 1 fully saturated rings. The number of hydrogen-bond donors (Lipinski definition) is 4. The van der Waals surface area contributed by atoms with Gasteiger partial charge in [-0.15, -0.1) is 0 Å². The van der Waals surface area contributed by atoms with E-state index in [0.717, 1.165) is 0 Å². The predicted octanol–water partition coefficient (Wildman–Crippen LogP) is -0.234. The fourth-order valence-corrected chi connectivity index (χ4v) is 3.03. The number of nitrogens with two attached hydrogens (primary N) is 1. The Bertz CT molecular complexity index is 810. The van der Waals surface area contributed by atoms with Crippen molar-refractivity contribution in [2.24, 2.45) is 11.7 Å². The van der Waals surface area contributed by atoms with Crippen LogP contribution in [0.25, 0.3) is 0 Å². The Morgan fingerprint density at radius 2 is 1.74 bits per heavy atom. The van der Waals surface area contributed by atoms with Crippen LogP contribution in [0.15, 0.2) is 24.3 Å². The summed E-state index contributed by atoms with van der Waals surface area (Å²) in [6.45, 7) is 5.57. The molecule has 0 bridgehead atoms. The van der Waals surface area contributed by atoms with Gasteiger partial charge in [0.1, 0.15) is 17.8 Å². The zero-order chi connectivity index (χ0) is 23.1. The van der Waals surface area contributed by atoms with Gasteiger partial charge in [0, 0.05) is 6.42 Å². The molecular formula is C21H29N3O7. The number of carbonyl (C=O) groups excluding carboxylic acids is 4. The lowest BCUT2D eigenvalue weighted by atomic mass is 10.0. The molecule has 0 spiro atoms. The van der Waals surface area contributed by atoms with Gasteiger partial charge in [-0.25, -0.2) is 4.79 Å². The Morgan fingerprint density at radius 3 is 2.29 bits per heavy atom. The fourth-order valence-electron chi connectivity index (χ4n) is 3.03. The van der Waals surface area contributed by atoms with Gasteiger partial charge < -0.3 is 30.9 Å². The van der Waals surface area contributed by atoms with Gasteiger partial charge in [-0.1, -0.05) is 26.0 Å². The van der Waals surface area contributed by atoms with Crippen LogP contribution in [0.2, 0.25) is 0 Å². The van der Waals surface area contributed by atoms with Crippen LogP contribution in [0, 0.1) is 5.92 Å². The lowest BCUT2D eigenvalue weighted by molar-refractivity contribution is -0.144. The Morgan fingerprint density at radius 1 is 1.10 bits per heavy atom. The highest BCUT2D eigenvalue weighted by Gasteiger charge is 2.52. The first-order chi connectivity index (χ1) is 14.6. The first-order valence-corrected chi connectivity index (χ1v) is 10.1. The standard InChI is InChI=1S/C21H29N3O7/c1-4-30-21(29)17-16(31-17)20(28)24-15(9-11(2)3)19(27)23-14(18(22)26)10-12-5-7-13(25)8-6-12/h5-8,11,14-17,25H,4,9-10H2,1-3H3,(H2,22,26)(H,23,27)(H,24,28)/t14-,15-,16-,17?/m0/s1. The number of ether oxygens (including phenoxy) is 2. The molecule has 0 aromatic heterocycles. The fraction of sp³-hybridized carbons (Fsp3) is 0.524. The van der Waals surface area contributed by atoms with Crippen LogP contribution in [0.5, 0.6) is 5.75 Å². The predicted molar refractivity (Wildman–Crippen MR) is 110 cm³/mol. The minimum Gasteiger partial charge on any atom is -0.508 e. The van der Waals surface area contributed by atoms with Crippen LogP contribution in [0.4, 0.5) is 0 Å². The first-order valence-electron chi connectivity index (χ1n) is 10.1. The summed E-state index contributed by atoms with van der Waals surface area (Å²) in [6.07, 6.45) is -1.56. The van der Waals surface area contributed by atoms with Crippen molar-refractivity contribution < 1.29 is 33.8 Å². The van der Waals surface area contributed by atoms with E-state index in [0.29, 0.717) is 12.0 Å². The summed E-state index contributed by atoms with van der Waals surface area (Å²) in [6, 6.07) is 4.21. The summed E-state index contributed by atoms with van der Waals surface area (Å²) in [7, 11) is 0. The molecule has 2 rings (SSSR count). The van der Waals surface area contributed by atoms with E-state index in [2.05, 4.69) is 10.6 Å². The third-order valence-corrected chi connectivity index (χ3v) is 4.65. The van der Waals surface area contributed by atoms with Crippen molar-refractivity contribution in [2.75, 3.05) is 6.61 Å². The monoisotopic (exact) mass is 435 g/mol. The van der Waals surface area contributed by atoms with Crippen molar-refractivity contribution in [3.05, 3.63) is 29.8 Å². The zero-order valence-corrected chi connectivity index (χ0v) is 17.8. The first kappa shape index (κ1) is 24.1.